The molecule has 0 aliphatic heterocycles. The maximum absolute atomic E-state index is 13.1. The quantitative estimate of drug-likeness (QED) is 0.245. The zero-order valence-electron chi connectivity index (χ0n) is 18.4. The molecule has 3 aromatic carbocycles. The molecule has 0 saturated heterocycles. The van der Waals surface area contributed by atoms with Crippen LogP contribution >= 0.6 is 11.6 Å². The van der Waals surface area contributed by atoms with Crippen LogP contribution in [0.15, 0.2) is 66.7 Å². The predicted octanol–water partition coefficient (Wildman–Crippen LogP) is 5.47. The Labute approximate surface area is 193 Å². The third-order valence-electron chi connectivity index (χ3n) is 5.24. The van der Waals surface area contributed by atoms with E-state index in [1.807, 2.05) is 55.3 Å². The standard InChI is InChI=1S/C26H26ClNO4/c1-18(16-29)28(3)15-21-14-23(31-17-20-10-6-4-7-11-20)24(19(2)25(21)27)26(30)32-22-12-8-5-9-13-22/h4-14,16,18H,15,17H2,1-3H3. The Hall–Kier alpha value is -3.15. The Morgan fingerprint density at radius 1 is 1.09 bits per heavy atom. The highest BCUT2D eigenvalue weighted by Gasteiger charge is 2.24. The summed E-state index contributed by atoms with van der Waals surface area (Å²) in [5, 5.41) is 0.446. The molecule has 1 atom stereocenters. The lowest BCUT2D eigenvalue weighted by Gasteiger charge is -2.23. The lowest BCUT2D eigenvalue weighted by atomic mass is 10.0. The van der Waals surface area contributed by atoms with Gasteiger partial charge in [0, 0.05) is 11.6 Å². The fourth-order valence-electron chi connectivity index (χ4n) is 3.21. The molecular formula is C26H26ClNO4. The van der Waals surface area contributed by atoms with E-state index in [0.717, 1.165) is 17.4 Å². The summed E-state index contributed by atoms with van der Waals surface area (Å²) in [6.45, 7) is 4.29. The summed E-state index contributed by atoms with van der Waals surface area (Å²) < 4.78 is 11.7. The third kappa shape index (κ3) is 5.75. The molecule has 0 aromatic heterocycles. The number of benzene rings is 3. The molecule has 0 N–H and O–H groups in total. The average Bonchev–Trinajstić information content (AvgIpc) is 2.81. The van der Waals surface area contributed by atoms with Crippen molar-refractivity contribution in [3.05, 3.63) is 94.0 Å². The highest BCUT2D eigenvalue weighted by atomic mass is 35.5. The van der Waals surface area contributed by atoms with Crippen molar-refractivity contribution in [1.29, 1.82) is 0 Å². The topological polar surface area (TPSA) is 55.8 Å². The first-order valence-corrected chi connectivity index (χ1v) is 10.7. The molecule has 3 rings (SSSR count). The second-order valence-electron chi connectivity index (χ2n) is 7.62. The second-order valence-corrected chi connectivity index (χ2v) is 7.99. The summed E-state index contributed by atoms with van der Waals surface area (Å²) in [6, 6.07) is 20.0. The molecule has 0 saturated carbocycles. The van der Waals surface area contributed by atoms with Crippen molar-refractivity contribution in [1.82, 2.24) is 4.90 Å². The van der Waals surface area contributed by atoms with Crippen LogP contribution in [-0.4, -0.2) is 30.2 Å². The first-order valence-electron chi connectivity index (χ1n) is 10.3. The van der Waals surface area contributed by atoms with E-state index in [0.29, 0.717) is 28.6 Å². The van der Waals surface area contributed by atoms with E-state index < -0.39 is 5.97 Å². The number of halogens is 1. The van der Waals surface area contributed by atoms with Crippen molar-refractivity contribution in [3.8, 4) is 11.5 Å². The summed E-state index contributed by atoms with van der Waals surface area (Å²) in [5.41, 5.74) is 2.58. The minimum absolute atomic E-state index is 0.275. The molecule has 0 aliphatic rings. The van der Waals surface area contributed by atoms with Gasteiger partial charge in [0.25, 0.3) is 0 Å². The number of para-hydroxylation sites is 1. The van der Waals surface area contributed by atoms with Crippen molar-refractivity contribution in [2.75, 3.05) is 7.05 Å². The molecular weight excluding hydrogens is 426 g/mol. The molecule has 3 aromatic rings. The zero-order valence-corrected chi connectivity index (χ0v) is 19.1. The van der Waals surface area contributed by atoms with Gasteiger partial charge >= 0.3 is 5.97 Å². The Morgan fingerprint density at radius 2 is 1.72 bits per heavy atom. The lowest BCUT2D eigenvalue weighted by Crippen LogP contribution is -2.30. The van der Waals surface area contributed by atoms with Crippen LogP contribution < -0.4 is 9.47 Å². The van der Waals surface area contributed by atoms with Crippen LogP contribution in [0.5, 0.6) is 11.5 Å². The number of hydrogen-bond donors (Lipinski definition) is 0. The van der Waals surface area contributed by atoms with Crippen molar-refractivity contribution >= 4 is 23.9 Å². The zero-order chi connectivity index (χ0) is 23.1. The third-order valence-corrected chi connectivity index (χ3v) is 5.77. The normalized spacial score (nSPS) is 11.8. The fourth-order valence-corrected chi connectivity index (χ4v) is 3.42. The van der Waals surface area contributed by atoms with E-state index >= 15 is 0 Å². The van der Waals surface area contributed by atoms with Gasteiger partial charge in [-0.3, -0.25) is 4.90 Å². The Bertz CT molecular complexity index is 1070. The van der Waals surface area contributed by atoms with Crippen LogP contribution in [0.3, 0.4) is 0 Å². The summed E-state index contributed by atoms with van der Waals surface area (Å²) in [7, 11) is 1.84. The van der Waals surface area contributed by atoms with Crippen molar-refractivity contribution in [2.24, 2.45) is 0 Å². The second kappa shape index (κ2) is 10.9. The first-order chi connectivity index (χ1) is 15.4. The molecule has 6 heteroatoms. The maximum Gasteiger partial charge on any atom is 0.347 e. The van der Waals surface area contributed by atoms with Gasteiger partial charge in [0.05, 0.1) is 6.04 Å². The monoisotopic (exact) mass is 451 g/mol. The number of rotatable bonds is 9. The van der Waals surface area contributed by atoms with Gasteiger partial charge in [0.1, 0.15) is 30.0 Å². The predicted molar refractivity (Wildman–Crippen MR) is 125 cm³/mol. The summed E-state index contributed by atoms with van der Waals surface area (Å²) in [6.07, 6.45) is 0.874. The molecule has 0 fully saturated rings. The van der Waals surface area contributed by atoms with Crippen molar-refractivity contribution in [3.63, 3.8) is 0 Å². The molecule has 32 heavy (non-hydrogen) atoms. The summed E-state index contributed by atoms with van der Waals surface area (Å²) in [5.74, 6) is 0.282. The number of likely N-dealkylation sites (N-methyl/N-ethyl adjacent to an activating group) is 1. The largest absolute Gasteiger partial charge is 0.488 e. The molecule has 1 unspecified atom stereocenters. The summed E-state index contributed by atoms with van der Waals surface area (Å²) >= 11 is 6.65. The van der Waals surface area contributed by atoms with Crippen LogP contribution in [0, 0.1) is 6.92 Å². The molecule has 0 radical (unpaired) electrons. The Kier molecular flexibility index (Phi) is 8.03. The number of nitrogens with zero attached hydrogens (tertiary/aromatic N) is 1. The molecule has 5 nitrogen and oxygen atoms in total. The van der Waals surface area contributed by atoms with Crippen LogP contribution in [0.25, 0.3) is 0 Å². The minimum Gasteiger partial charge on any atom is -0.488 e. The average molecular weight is 452 g/mol. The van der Waals surface area contributed by atoms with E-state index in [1.54, 1.807) is 37.3 Å². The number of ether oxygens (including phenoxy) is 2. The molecule has 0 bridgehead atoms. The fraction of sp³-hybridized carbons (Fsp3) is 0.231. The highest BCUT2D eigenvalue weighted by Crippen LogP contribution is 2.34. The SMILES string of the molecule is Cc1c(Cl)c(CN(C)C(C)C=O)cc(OCc2ccccc2)c1C(=O)Oc1ccccc1. The van der Waals surface area contributed by atoms with Crippen molar-refractivity contribution in [2.45, 2.75) is 33.0 Å². The first kappa shape index (κ1) is 23.5. The maximum atomic E-state index is 13.1. The Balaban J connectivity index is 1.97. The number of esters is 1. The van der Waals surface area contributed by atoms with Gasteiger partial charge in [-0.2, -0.15) is 0 Å². The van der Waals surface area contributed by atoms with Crippen LogP contribution in [-0.2, 0) is 17.9 Å². The van der Waals surface area contributed by atoms with Gasteiger partial charge in [-0.05, 0) is 55.8 Å². The van der Waals surface area contributed by atoms with E-state index in [1.165, 1.54) is 0 Å². The number of carbonyl (C=O) groups is 2. The van der Waals surface area contributed by atoms with E-state index in [9.17, 15) is 9.59 Å². The van der Waals surface area contributed by atoms with Gasteiger partial charge < -0.3 is 14.3 Å². The van der Waals surface area contributed by atoms with E-state index in [-0.39, 0.29) is 18.2 Å². The van der Waals surface area contributed by atoms with Gasteiger partial charge in [0.2, 0.25) is 0 Å². The van der Waals surface area contributed by atoms with Gasteiger partial charge in [-0.25, -0.2) is 4.79 Å². The molecule has 0 spiro atoms. The molecule has 166 valence electrons. The number of aldehydes is 1. The smallest absolute Gasteiger partial charge is 0.347 e. The molecule has 0 aliphatic carbocycles. The van der Waals surface area contributed by atoms with Crippen molar-refractivity contribution < 1.29 is 19.1 Å². The van der Waals surface area contributed by atoms with Gasteiger partial charge in [-0.15, -0.1) is 0 Å². The minimum atomic E-state index is -0.542. The lowest BCUT2D eigenvalue weighted by molar-refractivity contribution is -0.111. The Morgan fingerprint density at radius 3 is 2.34 bits per heavy atom. The van der Waals surface area contributed by atoms with Crippen LogP contribution in [0.4, 0.5) is 0 Å². The van der Waals surface area contributed by atoms with Crippen LogP contribution in [0.2, 0.25) is 5.02 Å². The van der Waals surface area contributed by atoms with E-state index in [4.69, 9.17) is 21.1 Å². The van der Waals surface area contributed by atoms with Crippen LogP contribution in [0.1, 0.15) is 34.0 Å². The summed E-state index contributed by atoms with van der Waals surface area (Å²) in [4.78, 5) is 26.1. The highest BCUT2D eigenvalue weighted by molar-refractivity contribution is 6.32. The number of hydrogen-bond acceptors (Lipinski definition) is 5. The van der Waals surface area contributed by atoms with E-state index in [2.05, 4.69) is 0 Å². The van der Waals surface area contributed by atoms with Gasteiger partial charge in [-0.1, -0.05) is 60.1 Å². The molecule has 0 amide bonds. The van der Waals surface area contributed by atoms with Gasteiger partial charge in [0.15, 0.2) is 0 Å². The molecule has 0 heterocycles. The number of carbonyl (C=O) groups excluding carboxylic acids is 2.